The number of pyridine rings is 2. The summed E-state index contributed by atoms with van der Waals surface area (Å²) in [7, 11) is 0. The van der Waals surface area contributed by atoms with Gasteiger partial charge < -0.3 is 20.9 Å². The van der Waals surface area contributed by atoms with Crippen LogP contribution in [0.1, 0.15) is 26.3 Å². The molecule has 1 fully saturated rings. The van der Waals surface area contributed by atoms with E-state index in [4.69, 9.17) is 57.1 Å². The number of amides is 1. The topological polar surface area (TPSA) is 120 Å². The van der Waals surface area contributed by atoms with Crippen LogP contribution in [0.4, 0.5) is 15.8 Å². The quantitative estimate of drug-likeness (QED) is 0.136. The summed E-state index contributed by atoms with van der Waals surface area (Å²) in [6, 6.07) is 3.29. The number of fused-ring (bicyclic) bond motifs is 1. The minimum Gasteiger partial charge on any atom is -0.395 e. The largest absolute Gasteiger partial charge is 0.395 e. The van der Waals surface area contributed by atoms with Crippen molar-refractivity contribution in [2.24, 2.45) is 5.92 Å². The van der Waals surface area contributed by atoms with Crippen molar-refractivity contribution in [3.05, 3.63) is 78.4 Å². The number of nitrogens with two attached hydrogens (primary N) is 1. The van der Waals surface area contributed by atoms with Gasteiger partial charge >= 0.3 is 0 Å². The molecule has 45 heavy (non-hydrogen) atoms. The molecule has 4 heterocycles. The van der Waals surface area contributed by atoms with Gasteiger partial charge in [0.1, 0.15) is 17.3 Å². The molecule has 3 N–H and O–H groups in total. The van der Waals surface area contributed by atoms with Crippen molar-refractivity contribution >= 4 is 80.4 Å². The van der Waals surface area contributed by atoms with Gasteiger partial charge in [-0.25, -0.2) is 9.37 Å². The summed E-state index contributed by atoms with van der Waals surface area (Å²) in [6.07, 6.45) is 4.85. The first-order valence-electron chi connectivity index (χ1n) is 13.9. The lowest BCUT2D eigenvalue weighted by atomic mass is 9.94. The predicted octanol–water partition coefficient (Wildman–Crippen LogP) is 6.48. The van der Waals surface area contributed by atoms with E-state index >= 15 is 4.39 Å². The highest BCUT2D eigenvalue weighted by molar-refractivity contribution is 6.50. The Hall–Kier alpha value is -3.75. The lowest BCUT2D eigenvalue weighted by molar-refractivity contribution is -0.126. The van der Waals surface area contributed by atoms with E-state index in [1.165, 1.54) is 16.7 Å². The number of hydrogen-bond acceptors (Lipinski definition) is 7. The zero-order chi connectivity index (χ0) is 32.9. The fraction of sp³-hybridized carbons (Fsp3) is 0.290. The van der Waals surface area contributed by atoms with E-state index in [1.54, 1.807) is 11.1 Å². The molecule has 1 aromatic carbocycles. The number of nitrogen functional groups attached to an aromatic ring is 1. The van der Waals surface area contributed by atoms with Gasteiger partial charge in [0.2, 0.25) is 5.91 Å². The van der Waals surface area contributed by atoms with Crippen molar-refractivity contribution in [2.75, 3.05) is 36.8 Å². The Balaban J connectivity index is 1.90. The Morgan fingerprint density at radius 2 is 1.87 bits per heavy atom. The monoisotopic (exact) mass is 689 g/mol. The van der Waals surface area contributed by atoms with Crippen molar-refractivity contribution in [3.63, 3.8) is 0 Å². The van der Waals surface area contributed by atoms with E-state index in [-0.39, 0.29) is 60.4 Å². The van der Waals surface area contributed by atoms with E-state index in [9.17, 15) is 14.9 Å². The van der Waals surface area contributed by atoms with Gasteiger partial charge in [0.25, 0.3) is 5.56 Å². The molecule has 234 valence electrons. The van der Waals surface area contributed by atoms with Gasteiger partial charge in [0, 0.05) is 31.6 Å². The van der Waals surface area contributed by atoms with Gasteiger partial charge in [-0.3, -0.25) is 14.2 Å². The second-order valence-corrected chi connectivity index (χ2v) is 12.6. The van der Waals surface area contributed by atoms with Gasteiger partial charge in [-0.1, -0.05) is 66.8 Å². The lowest BCUT2D eigenvalue weighted by Crippen LogP contribution is -2.49. The molecule has 1 amide bonds. The summed E-state index contributed by atoms with van der Waals surface area (Å²) < 4.78 is 17.1. The highest BCUT2D eigenvalue weighted by Crippen LogP contribution is 2.46. The first-order valence-corrected chi connectivity index (χ1v) is 15.5. The number of benzene rings is 1. The van der Waals surface area contributed by atoms with Crippen LogP contribution in [0.5, 0.6) is 0 Å². The number of rotatable bonds is 5. The summed E-state index contributed by atoms with van der Waals surface area (Å²) in [4.78, 5) is 35.0. The predicted molar refractivity (Wildman–Crippen MR) is 179 cm³/mol. The number of nitrogens with one attached hydrogen (secondary N) is 1. The minimum atomic E-state index is -0.980. The van der Waals surface area contributed by atoms with E-state index in [1.807, 2.05) is 31.7 Å². The van der Waals surface area contributed by atoms with Crippen LogP contribution in [0.3, 0.4) is 0 Å². The summed E-state index contributed by atoms with van der Waals surface area (Å²) in [6.45, 7) is 10.7. The third-order valence-electron chi connectivity index (χ3n) is 8.02. The number of halogens is 5. The Kier molecular flexibility index (Phi) is 9.11. The molecule has 1 atom stereocenters. The van der Waals surface area contributed by atoms with Crippen molar-refractivity contribution in [1.82, 2.24) is 19.8 Å². The van der Waals surface area contributed by atoms with E-state index in [2.05, 4.69) is 18.0 Å². The number of aromatic nitrogens is 2. The van der Waals surface area contributed by atoms with E-state index in [0.717, 1.165) is 5.57 Å². The molecule has 5 rings (SSSR count). The Morgan fingerprint density at radius 3 is 2.47 bits per heavy atom. The molecule has 1 saturated heterocycles. The van der Waals surface area contributed by atoms with Gasteiger partial charge in [-0.15, -0.1) is 0 Å². The molecule has 2 aromatic heterocycles. The number of dihydropyridines is 1. The summed E-state index contributed by atoms with van der Waals surface area (Å²) in [5, 5.41) is 13.3. The average Bonchev–Trinajstić information content (AvgIpc) is 3.02. The van der Waals surface area contributed by atoms with Crippen LogP contribution in [-0.4, -0.2) is 52.6 Å². The van der Waals surface area contributed by atoms with E-state index in [0.29, 0.717) is 42.9 Å². The van der Waals surface area contributed by atoms with Crippen molar-refractivity contribution in [2.45, 2.75) is 26.8 Å². The molecule has 0 spiro atoms. The SMILES string of the molecule is C=CC(=O)N1CCN(c2c(C#N)c(=O)n(C3=C(C)C=CN[C@@H]3C(C)C)c3nc(-c4c(F)c(N)c(Cl)c(Cl)c4Cl)c(Cl)cc23)CC1. The zero-order valence-electron chi connectivity index (χ0n) is 24.5. The number of carbonyl (C=O) groups excluding carboxylic acids is 1. The first kappa shape index (κ1) is 32.6. The van der Waals surface area contributed by atoms with Gasteiger partial charge in [-0.2, -0.15) is 5.26 Å². The number of piperazine rings is 1. The van der Waals surface area contributed by atoms with E-state index < -0.39 is 17.1 Å². The smallest absolute Gasteiger partial charge is 0.276 e. The summed E-state index contributed by atoms with van der Waals surface area (Å²) in [5.74, 6) is -1.19. The molecule has 2 aliphatic heterocycles. The zero-order valence-corrected chi connectivity index (χ0v) is 27.5. The molecule has 0 bridgehead atoms. The molecule has 0 radical (unpaired) electrons. The van der Waals surface area contributed by atoms with Crippen LogP contribution in [0, 0.1) is 23.1 Å². The number of carbonyl (C=O) groups is 1. The van der Waals surface area contributed by atoms with Gasteiger partial charge in [0.15, 0.2) is 5.82 Å². The molecule has 0 unspecified atom stereocenters. The number of nitriles is 1. The molecule has 2 aliphatic rings. The van der Waals surface area contributed by atoms with Crippen LogP contribution in [0.15, 0.2) is 41.4 Å². The molecule has 9 nitrogen and oxygen atoms in total. The lowest BCUT2D eigenvalue weighted by Gasteiger charge is -2.37. The molecule has 0 saturated carbocycles. The summed E-state index contributed by atoms with van der Waals surface area (Å²) >= 11 is 25.7. The van der Waals surface area contributed by atoms with Crippen molar-refractivity contribution < 1.29 is 9.18 Å². The molecule has 3 aromatic rings. The average molecular weight is 691 g/mol. The Labute approximate surface area is 278 Å². The standard InChI is InChI=1S/C31H28Cl4FN7O2/c1-5-19(44)41-8-10-42(11-9-41)29-16-12-18(32)27(20-21(33)22(34)23(35)25(38)24(20)36)40-30(16)43(31(45)17(29)13-37)28-15(4)6-7-39-26(28)14(2)3/h5-7,12,14,26,39H,1,8-11,38H2,2-4H3/t26-/m1/s1. The fourth-order valence-electron chi connectivity index (χ4n) is 5.75. The summed E-state index contributed by atoms with van der Waals surface area (Å²) in [5.41, 5.74) is 6.05. The van der Waals surface area contributed by atoms with Gasteiger partial charge in [-0.05, 0) is 42.8 Å². The molecule has 14 heteroatoms. The fourth-order valence-corrected chi connectivity index (χ4v) is 6.68. The minimum absolute atomic E-state index is 0.0102. The maximum Gasteiger partial charge on any atom is 0.276 e. The van der Waals surface area contributed by atoms with Crippen LogP contribution in [0.25, 0.3) is 28.0 Å². The van der Waals surface area contributed by atoms with Gasteiger partial charge in [0.05, 0.1) is 54.5 Å². The van der Waals surface area contributed by atoms with Crippen LogP contribution in [-0.2, 0) is 4.79 Å². The molecule has 0 aliphatic carbocycles. The maximum atomic E-state index is 15.7. The number of anilines is 2. The molecular weight excluding hydrogens is 663 g/mol. The van der Waals surface area contributed by atoms with Crippen LogP contribution >= 0.6 is 46.4 Å². The van der Waals surface area contributed by atoms with Crippen molar-refractivity contribution in [3.8, 4) is 17.3 Å². The third-order valence-corrected chi connectivity index (χ3v) is 9.65. The third kappa shape index (κ3) is 5.42. The Bertz CT molecular complexity index is 1910. The number of nitrogens with zero attached hydrogens (tertiary/aromatic N) is 5. The maximum absolute atomic E-state index is 15.7. The molecular formula is C31H28Cl4FN7O2. The second kappa shape index (κ2) is 12.6. The van der Waals surface area contributed by atoms with Crippen molar-refractivity contribution in [1.29, 1.82) is 5.26 Å². The second-order valence-electron chi connectivity index (χ2n) is 11.0. The first-order chi connectivity index (χ1) is 21.3. The number of hydrogen-bond donors (Lipinski definition) is 2. The highest BCUT2D eigenvalue weighted by Gasteiger charge is 2.33. The van der Waals surface area contributed by atoms with Crippen LogP contribution < -0.4 is 21.5 Å². The van der Waals surface area contributed by atoms with Crippen LogP contribution in [0.2, 0.25) is 20.1 Å². The Morgan fingerprint density at radius 1 is 1.20 bits per heavy atom. The normalized spacial score (nSPS) is 16.8. The number of allylic oxidation sites excluding steroid dienone is 2. The highest BCUT2D eigenvalue weighted by atomic mass is 35.5.